The number of hydrogen-bond acceptors (Lipinski definition) is 7. The standard InChI is InChI=1S/C13H15BrN6S/c14-11-18-19-13(21-11)20-6-8-2-3-9(7-20)10(8)17-12-15-4-1-5-16-12/h1,4-5,8-10H,2-3,6-7H2,(H,15,16,17). The normalized spacial score (nSPS) is 27.9. The maximum absolute atomic E-state index is 4.29. The molecule has 8 heteroatoms. The number of nitrogens with zero attached hydrogens (tertiary/aromatic N) is 5. The summed E-state index contributed by atoms with van der Waals surface area (Å²) < 4.78 is 0.850. The van der Waals surface area contributed by atoms with Crippen LogP contribution in [0.4, 0.5) is 11.1 Å². The van der Waals surface area contributed by atoms with Gasteiger partial charge >= 0.3 is 0 Å². The molecule has 2 aliphatic rings. The maximum atomic E-state index is 4.29. The van der Waals surface area contributed by atoms with E-state index in [1.54, 1.807) is 23.7 Å². The molecule has 6 nitrogen and oxygen atoms in total. The minimum Gasteiger partial charge on any atom is -0.351 e. The first-order chi connectivity index (χ1) is 10.3. The highest BCUT2D eigenvalue weighted by Gasteiger charge is 2.43. The molecule has 2 atom stereocenters. The van der Waals surface area contributed by atoms with Gasteiger partial charge in [-0.15, -0.1) is 10.2 Å². The van der Waals surface area contributed by atoms with Gasteiger partial charge < -0.3 is 10.2 Å². The molecule has 0 amide bonds. The number of aromatic nitrogens is 4. The highest BCUT2D eigenvalue weighted by atomic mass is 79.9. The van der Waals surface area contributed by atoms with Crippen molar-refractivity contribution in [2.45, 2.75) is 18.9 Å². The molecule has 2 bridgehead atoms. The smallest absolute Gasteiger partial charge is 0.222 e. The first kappa shape index (κ1) is 13.4. The van der Waals surface area contributed by atoms with Crippen LogP contribution < -0.4 is 10.2 Å². The number of rotatable bonds is 3. The maximum Gasteiger partial charge on any atom is 0.222 e. The second-order valence-corrected chi connectivity index (χ2v) is 7.81. The molecule has 2 unspecified atom stereocenters. The zero-order valence-corrected chi connectivity index (χ0v) is 13.7. The molecule has 110 valence electrons. The lowest BCUT2D eigenvalue weighted by molar-refractivity contribution is 0.376. The molecule has 2 aromatic heterocycles. The van der Waals surface area contributed by atoms with E-state index in [4.69, 9.17) is 0 Å². The average molecular weight is 367 g/mol. The van der Waals surface area contributed by atoms with Crippen LogP contribution in [0.2, 0.25) is 0 Å². The van der Waals surface area contributed by atoms with Crippen LogP contribution in [0.25, 0.3) is 0 Å². The largest absolute Gasteiger partial charge is 0.351 e. The van der Waals surface area contributed by atoms with Crippen LogP contribution in [0.1, 0.15) is 12.8 Å². The molecule has 0 radical (unpaired) electrons. The summed E-state index contributed by atoms with van der Waals surface area (Å²) >= 11 is 5.00. The van der Waals surface area contributed by atoms with E-state index in [-0.39, 0.29) is 0 Å². The van der Waals surface area contributed by atoms with Crippen LogP contribution in [-0.2, 0) is 0 Å². The van der Waals surface area contributed by atoms with Crippen molar-refractivity contribution in [2.24, 2.45) is 11.8 Å². The summed E-state index contributed by atoms with van der Waals surface area (Å²) in [5, 5.41) is 12.9. The second kappa shape index (κ2) is 5.49. The number of piperidine rings is 1. The third kappa shape index (κ3) is 2.62. The summed E-state index contributed by atoms with van der Waals surface area (Å²) in [7, 11) is 0. The monoisotopic (exact) mass is 366 g/mol. The molecule has 4 rings (SSSR count). The van der Waals surface area contributed by atoms with E-state index in [9.17, 15) is 0 Å². The number of hydrogen-bond donors (Lipinski definition) is 1. The summed E-state index contributed by atoms with van der Waals surface area (Å²) in [6.07, 6.45) is 6.08. The van der Waals surface area contributed by atoms with Crippen molar-refractivity contribution in [2.75, 3.05) is 23.3 Å². The Morgan fingerprint density at radius 3 is 2.48 bits per heavy atom. The van der Waals surface area contributed by atoms with E-state index in [0.29, 0.717) is 17.9 Å². The zero-order valence-electron chi connectivity index (χ0n) is 11.3. The summed E-state index contributed by atoms with van der Waals surface area (Å²) in [4.78, 5) is 10.9. The molecule has 1 saturated carbocycles. The van der Waals surface area contributed by atoms with Crippen molar-refractivity contribution in [3.05, 3.63) is 22.4 Å². The molecule has 21 heavy (non-hydrogen) atoms. The van der Waals surface area contributed by atoms with Crippen molar-refractivity contribution < 1.29 is 0 Å². The van der Waals surface area contributed by atoms with Gasteiger partial charge in [-0.1, -0.05) is 11.3 Å². The summed E-state index contributed by atoms with van der Waals surface area (Å²) in [6.45, 7) is 2.06. The van der Waals surface area contributed by atoms with Crippen LogP contribution in [0, 0.1) is 11.8 Å². The number of anilines is 2. The SMILES string of the molecule is Brc1nnc(N2CC3CCC(C2)C3Nc2ncccn2)s1. The molecule has 2 aromatic rings. The highest BCUT2D eigenvalue weighted by molar-refractivity contribution is 9.11. The fourth-order valence-electron chi connectivity index (χ4n) is 3.46. The fourth-order valence-corrected chi connectivity index (χ4v) is 4.57. The average Bonchev–Trinajstić information content (AvgIpc) is 3.01. The third-order valence-corrected chi connectivity index (χ3v) is 5.77. The lowest BCUT2D eigenvalue weighted by atomic mass is 9.92. The first-order valence-electron chi connectivity index (χ1n) is 7.07. The predicted molar refractivity (Wildman–Crippen MR) is 85.5 cm³/mol. The van der Waals surface area contributed by atoms with E-state index >= 15 is 0 Å². The van der Waals surface area contributed by atoms with Crippen LogP contribution in [0.3, 0.4) is 0 Å². The van der Waals surface area contributed by atoms with Crippen LogP contribution in [0.15, 0.2) is 22.4 Å². The molecular formula is C13H15BrN6S. The van der Waals surface area contributed by atoms with Crippen molar-refractivity contribution >= 4 is 38.3 Å². The van der Waals surface area contributed by atoms with Gasteiger partial charge in [0, 0.05) is 31.5 Å². The van der Waals surface area contributed by atoms with Crippen LogP contribution in [-0.4, -0.2) is 39.3 Å². The Morgan fingerprint density at radius 2 is 1.86 bits per heavy atom. The summed E-state index contributed by atoms with van der Waals surface area (Å²) in [5.74, 6) is 1.98. The quantitative estimate of drug-likeness (QED) is 0.899. The van der Waals surface area contributed by atoms with Crippen molar-refractivity contribution in [3.63, 3.8) is 0 Å². The van der Waals surface area contributed by atoms with Gasteiger partial charge in [0.15, 0.2) is 3.92 Å². The predicted octanol–water partition coefficient (Wildman–Crippen LogP) is 2.42. The van der Waals surface area contributed by atoms with Gasteiger partial charge in [-0.3, -0.25) is 0 Å². The number of fused-ring (bicyclic) bond motifs is 2. The molecular weight excluding hydrogens is 352 g/mol. The Balaban J connectivity index is 1.49. The number of halogens is 1. The molecule has 2 fully saturated rings. The lowest BCUT2D eigenvalue weighted by Crippen LogP contribution is -2.48. The van der Waals surface area contributed by atoms with Crippen molar-refractivity contribution in [1.82, 2.24) is 20.2 Å². The van der Waals surface area contributed by atoms with E-state index in [2.05, 4.69) is 46.3 Å². The van der Waals surface area contributed by atoms with Gasteiger partial charge in [0.25, 0.3) is 0 Å². The lowest BCUT2D eigenvalue weighted by Gasteiger charge is -2.38. The molecule has 1 aliphatic carbocycles. The van der Waals surface area contributed by atoms with Crippen molar-refractivity contribution in [1.29, 1.82) is 0 Å². The topological polar surface area (TPSA) is 66.8 Å². The van der Waals surface area contributed by atoms with Gasteiger partial charge in [-0.2, -0.15) is 0 Å². The summed E-state index contributed by atoms with van der Waals surface area (Å²) in [6, 6.07) is 2.32. The summed E-state index contributed by atoms with van der Waals surface area (Å²) in [5.41, 5.74) is 0. The van der Waals surface area contributed by atoms with E-state index in [1.807, 2.05) is 6.07 Å². The van der Waals surface area contributed by atoms with Gasteiger partial charge in [0.2, 0.25) is 11.1 Å². The molecule has 0 aromatic carbocycles. The zero-order chi connectivity index (χ0) is 14.2. The molecule has 1 aliphatic heterocycles. The Hall–Kier alpha value is -1.28. The van der Waals surface area contributed by atoms with Gasteiger partial charge in [0.05, 0.1) is 0 Å². The molecule has 1 saturated heterocycles. The number of nitrogens with one attached hydrogen (secondary N) is 1. The molecule has 0 spiro atoms. The molecule has 1 N–H and O–H groups in total. The van der Waals surface area contributed by atoms with Gasteiger partial charge in [-0.25, -0.2) is 9.97 Å². The fraction of sp³-hybridized carbons (Fsp3) is 0.538. The third-order valence-electron chi connectivity index (χ3n) is 4.36. The Bertz CT molecular complexity index is 606. The first-order valence-corrected chi connectivity index (χ1v) is 8.68. The van der Waals surface area contributed by atoms with E-state index in [0.717, 1.165) is 28.1 Å². The van der Waals surface area contributed by atoms with E-state index in [1.165, 1.54) is 12.8 Å². The highest BCUT2D eigenvalue weighted by Crippen LogP contribution is 2.40. The van der Waals surface area contributed by atoms with Gasteiger partial charge in [-0.05, 0) is 46.7 Å². The van der Waals surface area contributed by atoms with E-state index < -0.39 is 0 Å². The van der Waals surface area contributed by atoms with Crippen molar-refractivity contribution in [3.8, 4) is 0 Å². The Labute approximate surface area is 135 Å². The van der Waals surface area contributed by atoms with Gasteiger partial charge in [0.1, 0.15) is 0 Å². The van der Waals surface area contributed by atoms with Crippen LogP contribution >= 0.6 is 27.3 Å². The Kier molecular flexibility index (Phi) is 3.50. The minimum absolute atomic E-state index is 0.472. The molecule has 3 heterocycles. The van der Waals surface area contributed by atoms with Crippen LogP contribution in [0.5, 0.6) is 0 Å². The Morgan fingerprint density at radius 1 is 1.14 bits per heavy atom. The minimum atomic E-state index is 0.472. The second-order valence-electron chi connectivity index (χ2n) is 5.58.